The normalized spacial score (nSPS) is 11.0. The molecule has 138 valence electrons. The summed E-state index contributed by atoms with van der Waals surface area (Å²) < 4.78 is 10.7. The molecule has 2 aromatic rings. The molecule has 0 radical (unpaired) electrons. The van der Waals surface area contributed by atoms with Gasteiger partial charge >= 0.3 is 0 Å². The Balaban J connectivity index is -0.000000394. The molecule has 24 heavy (non-hydrogen) atoms. The molecular weight excluding hydrogens is 514 g/mol. The van der Waals surface area contributed by atoms with Crippen LogP contribution in [-0.4, -0.2) is 27.4 Å². The van der Waals surface area contributed by atoms with Crippen LogP contribution in [0.25, 0.3) is 10.8 Å². The van der Waals surface area contributed by atoms with Crippen LogP contribution in [0.15, 0.2) is 22.7 Å². The van der Waals surface area contributed by atoms with Gasteiger partial charge in [-0.05, 0) is 29.3 Å². The van der Waals surface area contributed by atoms with Gasteiger partial charge in [0.2, 0.25) is 0 Å². The Bertz CT molecular complexity index is 587. The maximum Gasteiger partial charge on any atom is 0.0696 e. The Kier molecular flexibility index (Phi) is 18.7. The van der Waals surface area contributed by atoms with Crippen LogP contribution in [0.4, 0.5) is 0 Å². The first-order valence-corrected chi connectivity index (χ1v) is 7.81. The molecule has 1 aliphatic rings. The van der Waals surface area contributed by atoms with Gasteiger partial charge in [0.1, 0.15) is 0 Å². The third kappa shape index (κ3) is 7.70. The van der Waals surface area contributed by atoms with Gasteiger partial charge in [-0.25, -0.2) is 0 Å². The maximum absolute atomic E-state index is 4.66. The second kappa shape index (κ2) is 15.1. The number of hydrogen-bond acceptors (Lipinski definition) is 2. The summed E-state index contributed by atoms with van der Waals surface area (Å²) in [5.74, 6) is 0. The first-order valence-electron chi connectivity index (χ1n) is 7.02. The van der Waals surface area contributed by atoms with Gasteiger partial charge in [-0.15, -0.1) is 65.7 Å². The molecule has 3 rings (SSSR count). The van der Waals surface area contributed by atoms with E-state index in [0.717, 1.165) is 0 Å². The molecule has 0 spiro atoms. The van der Waals surface area contributed by atoms with E-state index in [0.29, 0.717) is 13.2 Å². The van der Waals surface area contributed by atoms with Gasteiger partial charge in [-0.3, -0.25) is 0 Å². The maximum atomic E-state index is 4.66. The van der Waals surface area contributed by atoms with E-state index < -0.39 is 0 Å². The number of benzene rings is 1. The fraction of sp³-hybridized carbons (Fsp3) is 0.471. The molecule has 0 atom stereocenters. The van der Waals surface area contributed by atoms with Gasteiger partial charge < -0.3 is 9.47 Å². The topological polar surface area (TPSA) is 18.5 Å². The van der Waals surface area contributed by atoms with Gasteiger partial charge in [0, 0.05) is 40.4 Å². The molecule has 0 fully saturated rings. The summed E-state index contributed by atoms with van der Waals surface area (Å²) in [6.07, 6.45) is 3.82. The molecule has 0 unspecified atom stereocenters. The summed E-state index contributed by atoms with van der Waals surface area (Å²) in [6, 6.07) is 6.92. The first kappa shape index (κ1) is 29.7. The number of fused-ring (bicyclic) bond motifs is 2. The Morgan fingerprint density at radius 3 is 2.17 bits per heavy atom. The number of hydrogen-bond donors (Lipinski definition) is 0. The van der Waals surface area contributed by atoms with Crippen molar-refractivity contribution < 1.29 is 35.7 Å². The second-order valence-corrected chi connectivity index (χ2v) is 6.00. The van der Waals surface area contributed by atoms with E-state index in [4.69, 9.17) is 0 Å². The minimum Gasteiger partial charge on any atom is -0.382 e. The van der Waals surface area contributed by atoms with Crippen LogP contribution in [0.2, 0.25) is 0 Å². The number of aryl methyl sites for hydroxylation is 2. The molecule has 2 aromatic carbocycles. The van der Waals surface area contributed by atoms with Crippen LogP contribution < -0.4 is 0 Å². The predicted octanol–water partition coefficient (Wildman–Crippen LogP) is 5.66. The zero-order valence-electron chi connectivity index (χ0n) is 14.2. The molecule has 0 aromatic heterocycles. The fourth-order valence-electron chi connectivity index (χ4n) is 2.68. The van der Waals surface area contributed by atoms with Gasteiger partial charge in [0.25, 0.3) is 0 Å². The molecule has 2 nitrogen and oxygen atoms in total. The Hall–Kier alpha value is 0.983. The predicted molar refractivity (Wildman–Crippen MR) is 109 cm³/mol. The van der Waals surface area contributed by atoms with E-state index in [1.54, 1.807) is 25.3 Å². The Labute approximate surface area is 191 Å². The zero-order valence-corrected chi connectivity index (χ0v) is 20.7. The summed E-state index contributed by atoms with van der Waals surface area (Å²) >= 11 is 3.75. The van der Waals surface area contributed by atoms with Crippen LogP contribution in [0.1, 0.15) is 23.1 Å². The third-order valence-corrected chi connectivity index (χ3v) is 4.56. The van der Waals surface area contributed by atoms with Crippen molar-refractivity contribution >= 4 is 63.9 Å². The summed E-state index contributed by atoms with van der Waals surface area (Å²) in [5.41, 5.74) is 4.46. The number of rotatable bonds is 3. The average molecular weight is 539 g/mol. The molecule has 0 heterocycles. The zero-order chi connectivity index (χ0) is 14.5. The smallest absolute Gasteiger partial charge is 0.0696 e. The number of halogens is 4. The van der Waals surface area contributed by atoms with Crippen molar-refractivity contribution in [3.63, 3.8) is 0 Å². The van der Waals surface area contributed by atoms with Crippen molar-refractivity contribution in [2.75, 3.05) is 27.4 Å². The van der Waals surface area contributed by atoms with Crippen LogP contribution in [0.5, 0.6) is 0 Å². The van der Waals surface area contributed by atoms with Crippen LogP contribution >= 0.6 is 53.2 Å². The largest absolute Gasteiger partial charge is 0.382 e. The van der Waals surface area contributed by atoms with E-state index in [9.17, 15) is 0 Å². The molecule has 7 heteroatoms. The monoisotopic (exact) mass is 535 g/mol. The third-order valence-electron chi connectivity index (χ3n) is 3.65. The molecule has 0 N–H and O–H groups in total. The summed E-state index contributed by atoms with van der Waals surface area (Å²) in [6.45, 7) is 3.55. The van der Waals surface area contributed by atoms with Crippen molar-refractivity contribution in [1.29, 1.82) is 0 Å². The minimum absolute atomic E-state index is 0. The molecule has 0 saturated heterocycles. The summed E-state index contributed by atoms with van der Waals surface area (Å²) in [5, 5.41) is 2.79. The molecule has 0 saturated carbocycles. The quantitative estimate of drug-likeness (QED) is 0.371. The van der Waals surface area contributed by atoms with Gasteiger partial charge in [0.15, 0.2) is 0 Å². The van der Waals surface area contributed by atoms with Crippen LogP contribution in [-0.2, 0) is 48.5 Å². The van der Waals surface area contributed by atoms with Crippen molar-refractivity contribution in [3.8, 4) is 0 Å². The molecule has 0 bridgehead atoms. The Morgan fingerprint density at radius 2 is 1.62 bits per heavy atom. The van der Waals surface area contributed by atoms with Crippen molar-refractivity contribution in [2.24, 2.45) is 0 Å². The van der Waals surface area contributed by atoms with E-state index in [1.807, 2.05) is 0 Å². The van der Waals surface area contributed by atoms with Crippen molar-refractivity contribution in [2.45, 2.75) is 26.2 Å². The van der Waals surface area contributed by atoms with E-state index in [1.165, 1.54) is 40.1 Å². The Morgan fingerprint density at radius 1 is 1.04 bits per heavy atom. The molecular formula is C17H25BrCl3O2Zr-. The van der Waals surface area contributed by atoms with E-state index in [-0.39, 0.29) is 63.4 Å². The van der Waals surface area contributed by atoms with E-state index >= 15 is 0 Å². The average Bonchev–Trinajstić information content (AvgIpc) is 3.03. The van der Waals surface area contributed by atoms with Crippen LogP contribution in [0.3, 0.4) is 0 Å². The minimum atomic E-state index is 0. The standard InChI is InChI=1S/C13H12Br.C4H10O2.3ClH.Zr/c1-8-5-10-7-9-3-2-4-11(9)13(14)12(10)6-8;1-5-3-4-6-2;;;;/h5-7H,2-4H2,1H3;3-4H2,1-2H3;3*1H;/q-1;;;;;. The number of methoxy groups -OCH3 is 2. The van der Waals surface area contributed by atoms with Crippen molar-refractivity contribution in [1.82, 2.24) is 0 Å². The van der Waals surface area contributed by atoms with Crippen LogP contribution in [0, 0.1) is 6.92 Å². The number of ether oxygens (including phenoxy) is 2. The molecule has 0 amide bonds. The van der Waals surface area contributed by atoms with Gasteiger partial charge in [-0.2, -0.15) is 6.07 Å². The first-order chi connectivity index (χ1) is 9.67. The fourth-order valence-corrected chi connectivity index (χ4v) is 3.48. The van der Waals surface area contributed by atoms with E-state index in [2.05, 4.69) is 50.5 Å². The molecule has 1 aliphatic carbocycles. The van der Waals surface area contributed by atoms with Crippen molar-refractivity contribution in [3.05, 3.63) is 39.4 Å². The summed E-state index contributed by atoms with van der Waals surface area (Å²) in [4.78, 5) is 0. The summed E-state index contributed by atoms with van der Waals surface area (Å²) in [7, 11) is 3.30. The second-order valence-electron chi connectivity index (χ2n) is 5.20. The van der Waals surface area contributed by atoms with Gasteiger partial charge in [0.05, 0.1) is 13.2 Å². The van der Waals surface area contributed by atoms with Gasteiger partial charge in [-0.1, -0.05) is 28.4 Å². The molecule has 0 aliphatic heterocycles. The SMILES string of the molecule is COCCOC.Cc1cc2c(Br)c3c(cc2[cH-]1)CCC3.Cl.Cl.Cl.[Zr].